The second kappa shape index (κ2) is 5.76. The maximum absolute atomic E-state index is 12.0. The van der Waals surface area contributed by atoms with Gasteiger partial charge in [0.2, 0.25) is 6.54 Å². The normalized spacial score (nSPS) is 21.6. The molecule has 0 radical (unpaired) electrons. The standard InChI is InChI=1S/C14H17NO3/c16-14-9-5-4-8-12(14)13(10-15(17)18)11-6-2-1-3-7-11/h1-3,6-7,12-13H,4-5,8-10H2/t12-,13-/m0/s1. The van der Waals surface area contributed by atoms with Crippen molar-refractivity contribution in [1.29, 1.82) is 0 Å². The number of hydrogen-bond donors (Lipinski definition) is 0. The Hall–Kier alpha value is -1.71. The van der Waals surface area contributed by atoms with Crippen molar-refractivity contribution in [1.82, 2.24) is 0 Å². The first-order valence-corrected chi connectivity index (χ1v) is 6.38. The molecule has 1 aliphatic rings. The van der Waals surface area contributed by atoms with Gasteiger partial charge >= 0.3 is 0 Å². The molecule has 0 bridgehead atoms. The highest BCUT2D eigenvalue weighted by atomic mass is 16.6. The van der Waals surface area contributed by atoms with Crippen molar-refractivity contribution in [3.63, 3.8) is 0 Å². The summed E-state index contributed by atoms with van der Waals surface area (Å²) in [7, 11) is 0. The lowest BCUT2D eigenvalue weighted by atomic mass is 9.76. The molecule has 0 saturated heterocycles. The summed E-state index contributed by atoms with van der Waals surface area (Å²) in [5.41, 5.74) is 0.912. The van der Waals surface area contributed by atoms with Gasteiger partial charge in [-0.05, 0) is 18.4 Å². The van der Waals surface area contributed by atoms with Gasteiger partial charge < -0.3 is 0 Å². The largest absolute Gasteiger partial charge is 0.299 e. The molecule has 1 fully saturated rings. The minimum Gasteiger partial charge on any atom is -0.299 e. The van der Waals surface area contributed by atoms with E-state index in [1.54, 1.807) is 0 Å². The van der Waals surface area contributed by atoms with Crippen molar-refractivity contribution < 1.29 is 9.72 Å². The van der Waals surface area contributed by atoms with Gasteiger partial charge in [-0.3, -0.25) is 14.9 Å². The van der Waals surface area contributed by atoms with E-state index in [0.717, 1.165) is 24.8 Å². The van der Waals surface area contributed by atoms with Gasteiger partial charge in [0.05, 0.1) is 5.92 Å². The fraction of sp³-hybridized carbons (Fsp3) is 0.500. The van der Waals surface area contributed by atoms with Gasteiger partial charge in [0.1, 0.15) is 5.78 Å². The van der Waals surface area contributed by atoms with E-state index in [1.165, 1.54) is 0 Å². The monoisotopic (exact) mass is 247 g/mol. The molecule has 0 heterocycles. The molecule has 1 aliphatic carbocycles. The van der Waals surface area contributed by atoms with Crippen molar-refractivity contribution in [3.8, 4) is 0 Å². The summed E-state index contributed by atoms with van der Waals surface area (Å²) in [6, 6.07) is 9.40. The van der Waals surface area contributed by atoms with Gasteiger partial charge in [0.15, 0.2) is 0 Å². The first-order chi connectivity index (χ1) is 8.68. The van der Waals surface area contributed by atoms with E-state index >= 15 is 0 Å². The van der Waals surface area contributed by atoms with Crippen molar-refractivity contribution >= 4 is 5.78 Å². The average Bonchev–Trinajstić information content (AvgIpc) is 2.38. The molecular weight excluding hydrogens is 230 g/mol. The van der Waals surface area contributed by atoms with Crippen LogP contribution in [0.25, 0.3) is 0 Å². The van der Waals surface area contributed by atoms with E-state index in [1.807, 2.05) is 30.3 Å². The molecule has 0 N–H and O–H groups in total. The lowest BCUT2D eigenvalue weighted by Crippen LogP contribution is -2.30. The Morgan fingerprint density at radius 1 is 1.28 bits per heavy atom. The predicted molar refractivity (Wildman–Crippen MR) is 68.0 cm³/mol. The fourth-order valence-corrected chi connectivity index (χ4v) is 2.76. The summed E-state index contributed by atoms with van der Waals surface area (Å²) in [6.45, 7) is -0.152. The molecule has 0 aromatic heterocycles. The SMILES string of the molecule is O=C1CCCC[C@H]1[C@@H](C[N+](=O)[O-])c1ccccc1. The molecule has 0 spiro atoms. The van der Waals surface area contributed by atoms with Gasteiger partial charge in [-0.2, -0.15) is 0 Å². The number of Topliss-reactive ketones (excluding diaryl/α,β-unsaturated/α-hetero) is 1. The lowest BCUT2D eigenvalue weighted by Gasteiger charge is -2.26. The van der Waals surface area contributed by atoms with Crippen LogP contribution in [0, 0.1) is 16.0 Å². The molecular formula is C14H17NO3. The molecule has 2 rings (SSSR count). The highest BCUT2D eigenvalue weighted by molar-refractivity contribution is 5.82. The Morgan fingerprint density at radius 3 is 2.61 bits per heavy atom. The van der Waals surface area contributed by atoms with Crippen LogP contribution in [0.4, 0.5) is 0 Å². The molecule has 1 aromatic rings. The van der Waals surface area contributed by atoms with Crippen molar-refractivity contribution in [2.75, 3.05) is 6.54 Å². The second-order valence-corrected chi connectivity index (χ2v) is 4.85. The van der Waals surface area contributed by atoms with Crippen LogP contribution in [0.15, 0.2) is 30.3 Å². The topological polar surface area (TPSA) is 60.2 Å². The summed E-state index contributed by atoms with van der Waals surface area (Å²) < 4.78 is 0. The van der Waals surface area contributed by atoms with Crippen molar-refractivity contribution in [3.05, 3.63) is 46.0 Å². The van der Waals surface area contributed by atoms with Crippen LogP contribution in [-0.2, 0) is 4.79 Å². The van der Waals surface area contributed by atoms with Crippen LogP contribution < -0.4 is 0 Å². The molecule has 96 valence electrons. The zero-order chi connectivity index (χ0) is 13.0. The minimum atomic E-state index is -0.306. The average molecular weight is 247 g/mol. The summed E-state index contributed by atoms with van der Waals surface area (Å²) in [5.74, 6) is -0.252. The van der Waals surface area contributed by atoms with Crippen LogP contribution in [-0.4, -0.2) is 17.3 Å². The fourth-order valence-electron chi connectivity index (χ4n) is 2.76. The third-order valence-corrected chi connectivity index (χ3v) is 3.66. The maximum atomic E-state index is 12.0. The zero-order valence-corrected chi connectivity index (χ0v) is 10.2. The molecule has 0 unspecified atom stereocenters. The summed E-state index contributed by atoms with van der Waals surface area (Å²) in [6.07, 6.45) is 3.28. The summed E-state index contributed by atoms with van der Waals surface area (Å²) in [4.78, 5) is 22.5. The zero-order valence-electron chi connectivity index (χ0n) is 10.2. The lowest BCUT2D eigenvalue weighted by molar-refractivity contribution is -0.484. The second-order valence-electron chi connectivity index (χ2n) is 4.85. The predicted octanol–water partition coefficient (Wildman–Crippen LogP) is 2.81. The van der Waals surface area contributed by atoms with E-state index < -0.39 is 0 Å². The number of ketones is 1. The highest BCUT2D eigenvalue weighted by Crippen LogP contribution is 2.34. The van der Waals surface area contributed by atoms with Crippen LogP contribution >= 0.6 is 0 Å². The summed E-state index contributed by atoms with van der Waals surface area (Å²) in [5, 5.41) is 10.8. The van der Waals surface area contributed by atoms with Crippen molar-refractivity contribution in [2.45, 2.75) is 31.6 Å². The van der Waals surface area contributed by atoms with E-state index in [4.69, 9.17) is 0 Å². The van der Waals surface area contributed by atoms with Gasteiger partial charge in [0, 0.05) is 17.3 Å². The smallest absolute Gasteiger partial charge is 0.211 e. The van der Waals surface area contributed by atoms with Gasteiger partial charge in [-0.25, -0.2) is 0 Å². The molecule has 18 heavy (non-hydrogen) atoms. The molecule has 0 aliphatic heterocycles. The Kier molecular flexibility index (Phi) is 4.07. The number of nitro groups is 1. The van der Waals surface area contributed by atoms with E-state index in [2.05, 4.69) is 0 Å². The number of carbonyl (C=O) groups is 1. The third-order valence-electron chi connectivity index (χ3n) is 3.66. The van der Waals surface area contributed by atoms with Crippen LogP contribution in [0.1, 0.15) is 37.2 Å². The molecule has 0 amide bonds. The molecule has 4 nitrogen and oxygen atoms in total. The maximum Gasteiger partial charge on any atom is 0.211 e. The first kappa shape index (κ1) is 12.7. The molecule has 2 atom stereocenters. The Morgan fingerprint density at radius 2 is 2.00 bits per heavy atom. The van der Waals surface area contributed by atoms with Crippen LogP contribution in [0.5, 0.6) is 0 Å². The Balaban J connectivity index is 2.24. The number of benzene rings is 1. The van der Waals surface area contributed by atoms with Crippen molar-refractivity contribution in [2.24, 2.45) is 5.92 Å². The van der Waals surface area contributed by atoms with E-state index in [-0.39, 0.29) is 29.1 Å². The Labute approximate surface area is 106 Å². The van der Waals surface area contributed by atoms with Gasteiger partial charge in [-0.15, -0.1) is 0 Å². The van der Waals surface area contributed by atoms with E-state index in [0.29, 0.717) is 6.42 Å². The first-order valence-electron chi connectivity index (χ1n) is 6.38. The van der Waals surface area contributed by atoms with Gasteiger partial charge in [0.25, 0.3) is 0 Å². The minimum absolute atomic E-state index is 0.152. The van der Waals surface area contributed by atoms with Crippen LogP contribution in [0.3, 0.4) is 0 Å². The number of hydrogen-bond acceptors (Lipinski definition) is 3. The van der Waals surface area contributed by atoms with Crippen LogP contribution in [0.2, 0.25) is 0 Å². The van der Waals surface area contributed by atoms with E-state index in [9.17, 15) is 14.9 Å². The number of carbonyl (C=O) groups excluding carboxylic acids is 1. The number of nitrogens with zero attached hydrogens (tertiary/aromatic N) is 1. The quantitative estimate of drug-likeness (QED) is 0.607. The Bertz CT molecular complexity index is 430. The van der Waals surface area contributed by atoms with Gasteiger partial charge in [-0.1, -0.05) is 36.8 Å². The molecule has 4 heteroatoms. The highest BCUT2D eigenvalue weighted by Gasteiger charge is 2.34. The third kappa shape index (κ3) is 2.94. The molecule has 1 saturated carbocycles. The number of rotatable bonds is 4. The molecule has 1 aromatic carbocycles. The summed E-state index contributed by atoms with van der Waals surface area (Å²) >= 11 is 0.